The number of aliphatic imine (C=N–C) groups is 1. The summed E-state index contributed by atoms with van der Waals surface area (Å²) in [6.07, 6.45) is 3.85. The topological polar surface area (TPSA) is 86.8 Å². The lowest BCUT2D eigenvalue weighted by atomic mass is 10.1. The Morgan fingerprint density at radius 1 is 1.05 bits per heavy atom. The van der Waals surface area contributed by atoms with Crippen molar-refractivity contribution in [2.75, 3.05) is 25.1 Å². The van der Waals surface area contributed by atoms with E-state index in [-0.39, 0.29) is 18.4 Å². The van der Waals surface area contributed by atoms with Crippen molar-refractivity contribution in [3.63, 3.8) is 0 Å². The summed E-state index contributed by atoms with van der Waals surface area (Å²) < 4.78 is 7.55. The fourth-order valence-corrected chi connectivity index (χ4v) is 5.32. The third-order valence-electron chi connectivity index (χ3n) is 7.27. The minimum atomic E-state index is -0.0451. The van der Waals surface area contributed by atoms with Crippen molar-refractivity contribution in [1.82, 2.24) is 14.5 Å². The van der Waals surface area contributed by atoms with Gasteiger partial charge in [0, 0.05) is 37.1 Å². The number of imidazole rings is 1. The average molecular weight is 517 g/mol. The van der Waals surface area contributed by atoms with Gasteiger partial charge in [0.25, 0.3) is 0 Å². The minimum Gasteiger partial charge on any atom is -0.496 e. The molecule has 0 saturated heterocycles. The number of ether oxygens (including phenoxy) is 1. The standard InChI is InChI=1S/C31H28N6O2/c1-39-29-9-5-3-7-26(29)27-19-36-17-24-6-2-4-8-28(24)37(20-30(36)34-27)31(38)14-25-18-35(21-33-25)16-23-12-10-22(15-32)11-13-23/h2-13,18,21,27H,14,16-17,19-20H2,1H3. The molecule has 1 atom stereocenters. The summed E-state index contributed by atoms with van der Waals surface area (Å²) >= 11 is 0. The fourth-order valence-electron chi connectivity index (χ4n) is 5.32. The molecule has 8 heteroatoms. The molecule has 6 rings (SSSR count). The number of hydrogen-bond donors (Lipinski definition) is 0. The van der Waals surface area contributed by atoms with Gasteiger partial charge in [0.2, 0.25) is 5.91 Å². The third-order valence-corrected chi connectivity index (χ3v) is 7.27. The summed E-state index contributed by atoms with van der Waals surface area (Å²) in [5.74, 6) is 1.72. The van der Waals surface area contributed by atoms with Crippen molar-refractivity contribution in [3.8, 4) is 11.8 Å². The van der Waals surface area contributed by atoms with Gasteiger partial charge < -0.3 is 19.1 Å². The highest BCUT2D eigenvalue weighted by molar-refractivity contribution is 6.02. The summed E-state index contributed by atoms with van der Waals surface area (Å²) in [5.41, 5.74) is 5.49. The predicted molar refractivity (Wildman–Crippen MR) is 149 cm³/mol. The van der Waals surface area contributed by atoms with Gasteiger partial charge in [-0.25, -0.2) is 4.98 Å². The summed E-state index contributed by atoms with van der Waals surface area (Å²) in [6, 6.07) is 25.7. The number of amides is 1. The number of benzene rings is 3. The van der Waals surface area contributed by atoms with Crippen molar-refractivity contribution in [2.45, 2.75) is 25.6 Å². The van der Waals surface area contributed by atoms with Crippen molar-refractivity contribution < 1.29 is 9.53 Å². The van der Waals surface area contributed by atoms with Crippen LogP contribution in [0.3, 0.4) is 0 Å². The number of carbonyl (C=O) groups is 1. The maximum Gasteiger partial charge on any atom is 0.233 e. The van der Waals surface area contributed by atoms with Gasteiger partial charge in [0.1, 0.15) is 11.6 Å². The number of methoxy groups -OCH3 is 1. The predicted octanol–water partition coefficient (Wildman–Crippen LogP) is 4.36. The Labute approximate surface area is 227 Å². The number of amidine groups is 1. The first kappa shape index (κ1) is 24.4. The van der Waals surface area contributed by atoms with E-state index in [9.17, 15) is 4.79 Å². The van der Waals surface area contributed by atoms with Gasteiger partial charge in [-0.1, -0.05) is 48.5 Å². The van der Waals surface area contributed by atoms with Crippen molar-refractivity contribution in [2.24, 2.45) is 4.99 Å². The normalized spacial score (nSPS) is 16.1. The third kappa shape index (κ3) is 4.99. The maximum atomic E-state index is 13.7. The van der Waals surface area contributed by atoms with E-state index in [1.54, 1.807) is 25.6 Å². The van der Waals surface area contributed by atoms with Gasteiger partial charge in [-0.3, -0.25) is 9.79 Å². The van der Waals surface area contributed by atoms with Crippen LogP contribution in [-0.4, -0.2) is 46.4 Å². The van der Waals surface area contributed by atoms with Crippen LogP contribution in [0.25, 0.3) is 0 Å². The van der Waals surface area contributed by atoms with E-state index in [2.05, 4.69) is 28.1 Å². The number of anilines is 1. The highest BCUT2D eigenvalue weighted by atomic mass is 16.5. The molecule has 0 bridgehead atoms. The Balaban J connectivity index is 1.22. The molecule has 0 radical (unpaired) electrons. The minimum absolute atomic E-state index is 0.0173. The van der Waals surface area contributed by atoms with E-state index in [1.807, 2.05) is 64.2 Å². The van der Waals surface area contributed by atoms with E-state index in [0.717, 1.165) is 40.5 Å². The van der Waals surface area contributed by atoms with Crippen LogP contribution in [0.2, 0.25) is 0 Å². The Morgan fingerprint density at radius 3 is 2.67 bits per heavy atom. The number of fused-ring (bicyclic) bond motifs is 2. The molecule has 0 saturated carbocycles. The highest BCUT2D eigenvalue weighted by Gasteiger charge is 2.34. The first-order valence-corrected chi connectivity index (χ1v) is 12.9. The number of carbonyl (C=O) groups excluding carboxylic acids is 1. The van der Waals surface area contributed by atoms with E-state index in [0.29, 0.717) is 30.9 Å². The second-order valence-electron chi connectivity index (χ2n) is 9.82. The number of hydrogen-bond acceptors (Lipinski definition) is 6. The van der Waals surface area contributed by atoms with E-state index >= 15 is 0 Å². The molecule has 1 amide bonds. The van der Waals surface area contributed by atoms with Crippen LogP contribution in [0, 0.1) is 11.3 Å². The molecule has 194 valence electrons. The van der Waals surface area contributed by atoms with Crippen LogP contribution in [-0.2, 0) is 24.3 Å². The van der Waals surface area contributed by atoms with E-state index < -0.39 is 0 Å². The first-order valence-electron chi connectivity index (χ1n) is 12.9. The molecule has 4 aromatic rings. The van der Waals surface area contributed by atoms with Crippen LogP contribution < -0.4 is 9.64 Å². The Morgan fingerprint density at radius 2 is 1.85 bits per heavy atom. The highest BCUT2D eigenvalue weighted by Crippen LogP contribution is 2.35. The molecule has 1 aromatic heterocycles. The molecular formula is C31H28N6O2. The van der Waals surface area contributed by atoms with Gasteiger partial charge in [-0.2, -0.15) is 5.26 Å². The summed E-state index contributed by atoms with van der Waals surface area (Å²) in [6.45, 7) is 2.47. The van der Waals surface area contributed by atoms with Gasteiger partial charge >= 0.3 is 0 Å². The number of rotatable bonds is 6. The molecule has 2 aliphatic rings. The number of nitriles is 1. The maximum absolute atomic E-state index is 13.7. The number of nitrogens with zero attached hydrogens (tertiary/aromatic N) is 6. The second kappa shape index (κ2) is 10.5. The molecular weight excluding hydrogens is 488 g/mol. The lowest BCUT2D eigenvalue weighted by molar-refractivity contribution is -0.117. The number of aromatic nitrogens is 2. The van der Waals surface area contributed by atoms with Crippen molar-refractivity contribution >= 4 is 17.4 Å². The molecule has 3 heterocycles. The smallest absolute Gasteiger partial charge is 0.233 e. The van der Waals surface area contributed by atoms with Gasteiger partial charge in [-0.05, 0) is 35.4 Å². The van der Waals surface area contributed by atoms with Crippen LogP contribution in [0.5, 0.6) is 5.75 Å². The summed E-state index contributed by atoms with van der Waals surface area (Å²) in [5, 5.41) is 9.01. The molecule has 0 N–H and O–H groups in total. The first-order chi connectivity index (χ1) is 19.1. The van der Waals surface area contributed by atoms with Gasteiger partial charge in [0.15, 0.2) is 0 Å². The molecule has 1 unspecified atom stereocenters. The molecule has 0 fully saturated rings. The average Bonchev–Trinajstić information content (AvgIpc) is 3.54. The summed E-state index contributed by atoms with van der Waals surface area (Å²) in [4.78, 5) is 27.4. The summed E-state index contributed by atoms with van der Waals surface area (Å²) in [7, 11) is 1.68. The quantitative estimate of drug-likeness (QED) is 0.380. The largest absolute Gasteiger partial charge is 0.496 e. The zero-order chi connectivity index (χ0) is 26.8. The molecule has 0 aliphatic carbocycles. The molecule has 0 spiro atoms. The molecule has 2 aliphatic heterocycles. The lowest BCUT2D eigenvalue weighted by Gasteiger charge is -2.22. The van der Waals surface area contributed by atoms with Crippen molar-refractivity contribution in [1.29, 1.82) is 5.26 Å². The second-order valence-corrected chi connectivity index (χ2v) is 9.82. The SMILES string of the molecule is COc1ccccc1C1CN2Cc3ccccc3N(C(=O)Cc3cn(Cc4ccc(C#N)cc4)cn3)CC2=N1. The Bertz CT molecular complexity index is 1580. The molecule has 39 heavy (non-hydrogen) atoms. The molecule has 8 nitrogen and oxygen atoms in total. The fraction of sp³-hybridized carbons (Fsp3) is 0.226. The lowest BCUT2D eigenvalue weighted by Crippen LogP contribution is -2.39. The van der Waals surface area contributed by atoms with Crippen molar-refractivity contribution in [3.05, 3.63) is 113 Å². The van der Waals surface area contributed by atoms with Crippen LogP contribution in [0.4, 0.5) is 5.69 Å². The van der Waals surface area contributed by atoms with Crippen LogP contribution in [0.15, 0.2) is 90.3 Å². The molecule has 3 aromatic carbocycles. The van der Waals surface area contributed by atoms with Crippen LogP contribution >= 0.6 is 0 Å². The monoisotopic (exact) mass is 516 g/mol. The van der Waals surface area contributed by atoms with Crippen LogP contribution in [0.1, 0.15) is 34.0 Å². The van der Waals surface area contributed by atoms with Gasteiger partial charge in [0.05, 0.1) is 49.8 Å². The Hall–Kier alpha value is -4.90. The number of para-hydroxylation sites is 2. The van der Waals surface area contributed by atoms with E-state index in [1.165, 1.54) is 0 Å². The van der Waals surface area contributed by atoms with Gasteiger partial charge in [-0.15, -0.1) is 0 Å². The zero-order valence-electron chi connectivity index (χ0n) is 21.7. The zero-order valence-corrected chi connectivity index (χ0v) is 21.7. The Kier molecular flexibility index (Phi) is 6.55. The van der Waals surface area contributed by atoms with E-state index in [4.69, 9.17) is 15.0 Å².